The highest BCUT2D eigenvalue weighted by atomic mass is 19.1. The third kappa shape index (κ3) is 2.18. The molecule has 0 unspecified atom stereocenters. The SMILES string of the molecule is O=C(c1cncc(F)c1)c1cnnn1-c1ccccc1. The predicted molar refractivity (Wildman–Crippen MR) is 69.0 cm³/mol. The van der Waals surface area contributed by atoms with Crippen LogP contribution in [0, 0.1) is 5.82 Å². The molecule has 2 heterocycles. The first-order valence-corrected chi connectivity index (χ1v) is 5.87. The van der Waals surface area contributed by atoms with Crippen LogP contribution in [0.15, 0.2) is 55.0 Å². The Labute approximate surface area is 113 Å². The zero-order chi connectivity index (χ0) is 13.9. The topological polar surface area (TPSA) is 60.7 Å². The molecule has 0 spiro atoms. The second-order valence-electron chi connectivity index (χ2n) is 4.09. The number of para-hydroxylation sites is 1. The Morgan fingerprint density at radius 1 is 1.10 bits per heavy atom. The number of rotatable bonds is 3. The Morgan fingerprint density at radius 3 is 2.65 bits per heavy atom. The van der Waals surface area contributed by atoms with Crippen LogP contribution in [0.25, 0.3) is 5.69 Å². The van der Waals surface area contributed by atoms with Crippen molar-refractivity contribution < 1.29 is 9.18 Å². The fraction of sp³-hybridized carbons (Fsp3) is 0. The van der Waals surface area contributed by atoms with Crippen LogP contribution >= 0.6 is 0 Å². The lowest BCUT2D eigenvalue weighted by atomic mass is 10.1. The van der Waals surface area contributed by atoms with Gasteiger partial charge in [0.25, 0.3) is 0 Å². The molecule has 2 aromatic heterocycles. The smallest absolute Gasteiger partial charge is 0.214 e. The summed E-state index contributed by atoms with van der Waals surface area (Å²) < 4.78 is 14.5. The number of ketones is 1. The molecule has 0 aliphatic heterocycles. The number of halogens is 1. The molecule has 5 nitrogen and oxygen atoms in total. The van der Waals surface area contributed by atoms with Gasteiger partial charge in [0, 0.05) is 11.8 Å². The van der Waals surface area contributed by atoms with Crippen LogP contribution in [0.3, 0.4) is 0 Å². The van der Waals surface area contributed by atoms with Crippen LogP contribution in [-0.2, 0) is 0 Å². The number of hydrogen-bond acceptors (Lipinski definition) is 4. The maximum Gasteiger partial charge on any atom is 0.214 e. The van der Waals surface area contributed by atoms with Gasteiger partial charge in [0.2, 0.25) is 5.78 Å². The van der Waals surface area contributed by atoms with E-state index in [0.717, 1.165) is 12.3 Å². The maximum absolute atomic E-state index is 13.1. The molecule has 3 aromatic rings. The van der Waals surface area contributed by atoms with E-state index < -0.39 is 5.82 Å². The molecule has 3 rings (SSSR count). The quantitative estimate of drug-likeness (QED) is 0.682. The van der Waals surface area contributed by atoms with Gasteiger partial charge in [0.1, 0.15) is 11.5 Å². The monoisotopic (exact) mass is 268 g/mol. The van der Waals surface area contributed by atoms with Crippen molar-refractivity contribution in [2.45, 2.75) is 0 Å². The van der Waals surface area contributed by atoms with Gasteiger partial charge in [0.15, 0.2) is 0 Å². The highest BCUT2D eigenvalue weighted by Crippen LogP contribution is 2.13. The summed E-state index contributed by atoms with van der Waals surface area (Å²) in [6.07, 6.45) is 3.71. The van der Waals surface area contributed by atoms with Crippen LogP contribution in [0.2, 0.25) is 0 Å². The predicted octanol–water partition coefficient (Wildman–Crippen LogP) is 2.03. The summed E-state index contributed by atoms with van der Waals surface area (Å²) in [5.74, 6) is -0.944. The van der Waals surface area contributed by atoms with Crippen molar-refractivity contribution in [2.75, 3.05) is 0 Å². The number of benzene rings is 1. The van der Waals surface area contributed by atoms with Crippen molar-refractivity contribution in [2.24, 2.45) is 0 Å². The van der Waals surface area contributed by atoms with Crippen molar-refractivity contribution in [1.82, 2.24) is 20.0 Å². The van der Waals surface area contributed by atoms with Gasteiger partial charge in [-0.15, -0.1) is 5.10 Å². The van der Waals surface area contributed by atoms with Crippen LogP contribution in [0.4, 0.5) is 4.39 Å². The summed E-state index contributed by atoms with van der Waals surface area (Å²) in [7, 11) is 0. The summed E-state index contributed by atoms with van der Waals surface area (Å²) >= 11 is 0. The zero-order valence-electron chi connectivity index (χ0n) is 10.3. The molecule has 98 valence electrons. The Hall–Kier alpha value is -2.89. The minimum atomic E-state index is -0.561. The standard InChI is InChI=1S/C14H9FN4O/c15-11-6-10(7-16-8-11)14(20)13-9-17-18-19(13)12-4-2-1-3-5-12/h1-9H. The zero-order valence-corrected chi connectivity index (χ0v) is 10.3. The normalized spacial score (nSPS) is 10.4. The van der Waals surface area contributed by atoms with Crippen molar-refractivity contribution in [3.63, 3.8) is 0 Å². The molecule has 0 atom stereocenters. The Kier molecular flexibility index (Phi) is 3.04. The number of pyridine rings is 1. The van der Waals surface area contributed by atoms with Crippen LogP contribution in [0.5, 0.6) is 0 Å². The molecule has 0 saturated carbocycles. The number of hydrogen-bond donors (Lipinski definition) is 0. The fourth-order valence-corrected chi connectivity index (χ4v) is 1.83. The van der Waals surface area contributed by atoms with Gasteiger partial charge in [-0.2, -0.15) is 0 Å². The third-order valence-electron chi connectivity index (χ3n) is 2.75. The van der Waals surface area contributed by atoms with E-state index in [4.69, 9.17) is 0 Å². The molecule has 0 N–H and O–H groups in total. The van der Waals surface area contributed by atoms with Gasteiger partial charge in [-0.1, -0.05) is 23.4 Å². The van der Waals surface area contributed by atoms with E-state index in [-0.39, 0.29) is 17.0 Å². The summed E-state index contributed by atoms with van der Waals surface area (Å²) in [6, 6.07) is 10.3. The summed E-state index contributed by atoms with van der Waals surface area (Å²) in [6.45, 7) is 0. The van der Waals surface area contributed by atoms with Gasteiger partial charge in [-0.25, -0.2) is 9.07 Å². The summed E-state index contributed by atoms with van der Waals surface area (Å²) in [5.41, 5.74) is 1.12. The van der Waals surface area contributed by atoms with E-state index in [1.54, 1.807) is 12.1 Å². The molecule has 0 aliphatic carbocycles. The van der Waals surface area contributed by atoms with Crippen molar-refractivity contribution in [3.8, 4) is 5.69 Å². The van der Waals surface area contributed by atoms with Crippen LogP contribution < -0.4 is 0 Å². The average molecular weight is 268 g/mol. The molecule has 0 aliphatic rings. The van der Waals surface area contributed by atoms with Gasteiger partial charge in [0.05, 0.1) is 18.1 Å². The van der Waals surface area contributed by atoms with E-state index in [1.165, 1.54) is 17.1 Å². The molecule has 20 heavy (non-hydrogen) atoms. The lowest BCUT2D eigenvalue weighted by Crippen LogP contribution is -2.10. The molecule has 0 saturated heterocycles. The molecule has 0 amide bonds. The first-order chi connectivity index (χ1) is 9.75. The second kappa shape index (κ2) is 5.00. The molecular formula is C14H9FN4O. The third-order valence-corrected chi connectivity index (χ3v) is 2.75. The van der Waals surface area contributed by atoms with Gasteiger partial charge >= 0.3 is 0 Å². The van der Waals surface area contributed by atoms with E-state index >= 15 is 0 Å². The molecule has 0 radical (unpaired) electrons. The lowest BCUT2D eigenvalue weighted by Gasteiger charge is -2.05. The molecule has 0 bridgehead atoms. The van der Waals surface area contributed by atoms with Crippen molar-refractivity contribution >= 4 is 5.78 Å². The fourth-order valence-electron chi connectivity index (χ4n) is 1.83. The Morgan fingerprint density at radius 2 is 1.90 bits per heavy atom. The molecule has 1 aromatic carbocycles. The minimum absolute atomic E-state index is 0.157. The maximum atomic E-state index is 13.1. The number of carbonyl (C=O) groups excluding carboxylic acids is 1. The van der Waals surface area contributed by atoms with Crippen LogP contribution in [-0.4, -0.2) is 25.8 Å². The van der Waals surface area contributed by atoms with Gasteiger partial charge < -0.3 is 0 Å². The lowest BCUT2D eigenvalue weighted by molar-refractivity contribution is 0.103. The van der Waals surface area contributed by atoms with Crippen LogP contribution in [0.1, 0.15) is 16.1 Å². The number of aromatic nitrogens is 4. The first kappa shape index (κ1) is 12.2. The highest BCUT2D eigenvalue weighted by molar-refractivity contribution is 6.07. The molecule has 0 fully saturated rings. The minimum Gasteiger partial charge on any atom is -0.287 e. The molecule has 6 heteroatoms. The van der Waals surface area contributed by atoms with E-state index in [1.807, 2.05) is 18.2 Å². The largest absolute Gasteiger partial charge is 0.287 e. The number of carbonyl (C=O) groups is 1. The van der Waals surface area contributed by atoms with Crippen molar-refractivity contribution in [3.05, 3.63) is 72.1 Å². The van der Waals surface area contributed by atoms with Crippen molar-refractivity contribution in [1.29, 1.82) is 0 Å². The molecular weight excluding hydrogens is 259 g/mol. The Bertz CT molecular complexity index is 755. The van der Waals surface area contributed by atoms with Gasteiger partial charge in [-0.05, 0) is 18.2 Å². The number of nitrogens with zero attached hydrogens (tertiary/aromatic N) is 4. The van der Waals surface area contributed by atoms with E-state index in [9.17, 15) is 9.18 Å². The average Bonchev–Trinajstić information content (AvgIpc) is 2.97. The van der Waals surface area contributed by atoms with E-state index in [2.05, 4.69) is 15.3 Å². The summed E-state index contributed by atoms with van der Waals surface area (Å²) in [4.78, 5) is 16.0. The highest BCUT2D eigenvalue weighted by Gasteiger charge is 2.17. The Balaban J connectivity index is 2.04. The first-order valence-electron chi connectivity index (χ1n) is 5.87. The summed E-state index contributed by atoms with van der Waals surface area (Å²) in [5, 5.41) is 7.63. The second-order valence-corrected chi connectivity index (χ2v) is 4.09. The van der Waals surface area contributed by atoms with E-state index in [0.29, 0.717) is 5.69 Å². The van der Waals surface area contributed by atoms with Gasteiger partial charge in [-0.3, -0.25) is 9.78 Å².